The number of amides is 1. The summed E-state index contributed by atoms with van der Waals surface area (Å²) in [5, 5.41) is 11.6. The van der Waals surface area contributed by atoms with Crippen molar-refractivity contribution in [2.75, 3.05) is 36.1 Å². The minimum Gasteiger partial charge on any atom is -0.507 e. The first-order chi connectivity index (χ1) is 19.0. The molecule has 3 heterocycles. The minimum atomic E-state index is -0.838. The number of aliphatic hydroxyl groups excluding tert-OH is 1. The molecule has 1 N–H and O–H groups in total. The molecule has 0 saturated carbocycles. The number of hydrogen-bond acceptors (Lipinski definition) is 7. The summed E-state index contributed by atoms with van der Waals surface area (Å²) in [5.41, 5.74) is 2.64. The number of carbonyl (C=O) groups excluding carboxylic acids is 2. The summed E-state index contributed by atoms with van der Waals surface area (Å²) in [5.74, 6) is -0.809. The summed E-state index contributed by atoms with van der Waals surface area (Å²) in [7, 11) is 0. The molecule has 0 radical (unpaired) electrons. The largest absolute Gasteiger partial charge is 0.507 e. The molecule has 8 heteroatoms. The number of benzene rings is 2. The van der Waals surface area contributed by atoms with Crippen molar-refractivity contribution < 1.29 is 24.2 Å². The Labute approximate surface area is 228 Å². The molecule has 5 rings (SSSR count). The lowest BCUT2D eigenvalue weighted by Crippen LogP contribution is -2.30. The predicted molar refractivity (Wildman–Crippen MR) is 150 cm³/mol. The zero-order valence-electron chi connectivity index (χ0n) is 22.3. The van der Waals surface area contributed by atoms with E-state index in [1.165, 1.54) is 11.3 Å². The normalized spacial score (nSPS) is 18.9. The molecule has 2 fully saturated rings. The Morgan fingerprint density at radius 1 is 0.897 bits per heavy atom. The van der Waals surface area contributed by atoms with Crippen LogP contribution >= 0.6 is 0 Å². The third-order valence-electron chi connectivity index (χ3n) is 7.13. The number of rotatable bonds is 8. The number of aromatic nitrogens is 1. The topological polar surface area (TPSA) is 92.2 Å². The molecule has 1 amide bonds. The van der Waals surface area contributed by atoms with Crippen LogP contribution in [0.3, 0.4) is 0 Å². The van der Waals surface area contributed by atoms with Gasteiger partial charge in [0.1, 0.15) is 17.3 Å². The molecule has 1 aromatic heterocycles. The van der Waals surface area contributed by atoms with Gasteiger partial charge in [0.15, 0.2) is 0 Å². The standard InChI is InChI=1S/C31H33N3O5/c1-3-38-24-12-13-25(26(20-24)39-4-2)29(35)27-28(21-14-16-32-17-15-21)34(31(37)30(27)36)23-10-8-22(9-11-23)33-18-6-5-7-19-33/h8-17,20,28,35H,3-7,18-19H2,1-2H3/b29-27-. The van der Waals surface area contributed by atoms with E-state index < -0.39 is 17.7 Å². The van der Waals surface area contributed by atoms with Gasteiger partial charge in [-0.15, -0.1) is 0 Å². The number of piperidine rings is 1. The summed E-state index contributed by atoms with van der Waals surface area (Å²) < 4.78 is 11.4. The van der Waals surface area contributed by atoms with Gasteiger partial charge in [0.2, 0.25) is 0 Å². The van der Waals surface area contributed by atoms with Gasteiger partial charge in [-0.1, -0.05) is 0 Å². The molecule has 0 aliphatic carbocycles. The SMILES string of the molecule is CCOc1ccc(/C(O)=C2/C(=O)C(=O)N(c3ccc(N4CCCCC4)cc3)C2c2ccncc2)c(OCC)c1. The van der Waals surface area contributed by atoms with E-state index in [0.29, 0.717) is 41.5 Å². The van der Waals surface area contributed by atoms with Crippen LogP contribution in [0.4, 0.5) is 11.4 Å². The molecule has 3 aromatic rings. The Kier molecular flexibility index (Phi) is 7.81. The maximum absolute atomic E-state index is 13.5. The molecule has 2 aliphatic heterocycles. The van der Waals surface area contributed by atoms with E-state index in [0.717, 1.165) is 31.6 Å². The van der Waals surface area contributed by atoms with Gasteiger partial charge in [-0.3, -0.25) is 19.5 Å². The van der Waals surface area contributed by atoms with Crippen LogP contribution in [0.5, 0.6) is 11.5 Å². The molecule has 2 aliphatic rings. The second kappa shape index (κ2) is 11.6. The van der Waals surface area contributed by atoms with Crippen molar-refractivity contribution in [3.63, 3.8) is 0 Å². The molecule has 2 saturated heterocycles. The number of hydrogen-bond donors (Lipinski definition) is 1. The van der Waals surface area contributed by atoms with Crippen molar-refractivity contribution >= 4 is 28.8 Å². The average Bonchev–Trinajstić information content (AvgIpc) is 3.24. The number of nitrogens with zero attached hydrogens (tertiary/aromatic N) is 3. The number of ketones is 1. The van der Waals surface area contributed by atoms with Crippen LogP contribution in [-0.2, 0) is 9.59 Å². The summed E-state index contributed by atoms with van der Waals surface area (Å²) in [6.07, 6.45) is 6.78. The summed E-state index contributed by atoms with van der Waals surface area (Å²) in [6, 6.07) is 15.4. The molecule has 8 nitrogen and oxygen atoms in total. The fraction of sp³-hybridized carbons (Fsp3) is 0.323. The molecule has 1 unspecified atom stereocenters. The first kappa shape index (κ1) is 26.3. The number of carbonyl (C=O) groups is 2. The van der Waals surface area contributed by atoms with Gasteiger partial charge in [0, 0.05) is 42.9 Å². The Morgan fingerprint density at radius 3 is 2.23 bits per heavy atom. The molecule has 39 heavy (non-hydrogen) atoms. The van der Waals surface area contributed by atoms with Gasteiger partial charge in [0.25, 0.3) is 11.7 Å². The van der Waals surface area contributed by atoms with Crippen LogP contribution in [0.15, 0.2) is 72.6 Å². The second-order valence-corrected chi connectivity index (χ2v) is 9.54. The van der Waals surface area contributed by atoms with Crippen molar-refractivity contribution in [3.05, 3.63) is 83.7 Å². The van der Waals surface area contributed by atoms with E-state index in [2.05, 4.69) is 9.88 Å². The lowest BCUT2D eigenvalue weighted by Gasteiger charge is -2.30. The molecule has 1 atom stereocenters. The van der Waals surface area contributed by atoms with E-state index in [-0.39, 0.29) is 11.3 Å². The molecule has 0 bridgehead atoms. The van der Waals surface area contributed by atoms with E-state index in [1.54, 1.807) is 42.7 Å². The quantitative estimate of drug-likeness (QED) is 0.235. The fourth-order valence-corrected chi connectivity index (χ4v) is 5.31. The molecular formula is C31H33N3O5. The van der Waals surface area contributed by atoms with Gasteiger partial charge in [-0.05, 0) is 87.2 Å². The maximum Gasteiger partial charge on any atom is 0.300 e. The van der Waals surface area contributed by atoms with Gasteiger partial charge in [-0.2, -0.15) is 0 Å². The molecule has 0 spiro atoms. The smallest absolute Gasteiger partial charge is 0.300 e. The van der Waals surface area contributed by atoms with Gasteiger partial charge >= 0.3 is 0 Å². The maximum atomic E-state index is 13.5. The van der Waals surface area contributed by atoms with Crippen LogP contribution < -0.4 is 19.3 Å². The fourth-order valence-electron chi connectivity index (χ4n) is 5.31. The summed E-state index contributed by atoms with van der Waals surface area (Å²) in [6.45, 7) is 6.54. The zero-order valence-corrected chi connectivity index (χ0v) is 22.3. The molecule has 2 aromatic carbocycles. The second-order valence-electron chi connectivity index (χ2n) is 9.54. The Balaban J connectivity index is 1.60. The van der Waals surface area contributed by atoms with E-state index in [9.17, 15) is 14.7 Å². The lowest BCUT2D eigenvalue weighted by molar-refractivity contribution is -0.132. The lowest BCUT2D eigenvalue weighted by atomic mass is 9.95. The Hall–Kier alpha value is -4.33. The van der Waals surface area contributed by atoms with Crippen molar-refractivity contribution in [3.8, 4) is 11.5 Å². The number of anilines is 2. The number of Topliss-reactive ketones (excluding diaryl/α,β-unsaturated/α-hetero) is 1. The first-order valence-corrected chi connectivity index (χ1v) is 13.5. The first-order valence-electron chi connectivity index (χ1n) is 13.5. The number of ether oxygens (including phenoxy) is 2. The van der Waals surface area contributed by atoms with Crippen LogP contribution in [-0.4, -0.2) is 48.1 Å². The molecular weight excluding hydrogens is 494 g/mol. The van der Waals surface area contributed by atoms with E-state index >= 15 is 0 Å². The number of aliphatic hydroxyl groups is 1. The highest BCUT2D eigenvalue weighted by atomic mass is 16.5. The zero-order chi connectivity index (χ0) is 27.4. The van der Waals surface area contributed by atoms with Crippen LogP contribution in [0.1, 0.15) is 50.3 Å². The van der Waals surface area contributed by atoms with Gasteiger partial charge < -0.3 is 19.5 Å². The van der Waals surface area contributed by atoms with Crippen LogP contribution in [0.25, 0.3) is 5.76 Å². The monoisotopic (exact) mass is 527 g/mol. The summed E-state index contributed by atoms with van der Waals surface area (Å²) in [4.78, 5) is 35.0. The van der Waals surface area contributed by atoms with Crippen molar-refractivity contribution in [1.82, 2.24) is 4.98 Å². The Morgan fingerprint density at radius 2 is 1.56 bits per heavy atom. The van der Waals surface area contributed by atoms with Gasteiger partial charge in [0.05, 0.1) is 30.4 Å². The van der Waals surface area contributed by atoms with Crippen molar-refractivity contribution in [2.45, 2.75) is 39.2 Å². The minimum absolute atomic E-state index is 0.00331. The van der Waals surface area contributed by atoms with Crippen LogP contribution in [0.2, 0.25) is 0 Å². The highest BCUT2D eigenvalue weighted by Gasteiger charge is 2.47. The van der Waals surface area contributed by atoms with E-state index in [4.69, 9.17) is 9.47 Å². The molecule has 202 valence electrons. The summed E-state index contributed by atoms with van der Waals surface area (Å²) >= 11 is 0. The van der Waals surface area contributed by atoms with Crippen LogP contribution in [0, 0.1) is 0 Å². The predicted octanol–water partition coefficient (Wildman–Crippen LogP) is 5.50. The highest BCUT2D eigenvalue weighted by molar-refractivity contribution is 6.51. The van der Waals surface area contributed by atoms with E-state index in [1.807, 2.05) is 38.1 Å². The average molecular weight is 528 g/mol. The third-order valence-corrected chi connectivity index (χ3v) is 7.13. The van der Waals surface area contributed by atoms with Gasteiger partial charge in [-0.25, -0.2) is 0 Å². The third kappa shape index (κ3) is 5.19. The van der Waals surface area contributed by atoms with Crippen molar-refractivity contribution in [2.24, 2.45) is 0 Å². The highest BCUT2D eigenvalue weighted by Crippen LogP contribution is 2.44. The Bertz CT molecular complexity index is 1360. The number of pyridine rings is 1. The van der Waals surface area contributed by atoms with Crippen molar-refractivity contribution in [1.29, 1.82) is 0 Å².